The van der Waals surface area contributed by atoms with Crippen molar-refractivity contribution >= 4 is 0 Å². The third-order valence-corrected chi connectivity index (χ3v) is 2.84. The monoisotopic (exact) mass is 242 g/mol. The summed E-state index contributed by atoms with van der Waals surface area (Å²) in [5.41, 5.74) is 6.78. The SMILES string of the molecule is NC1CCN(Cc2cccc(OC(F)F)c2)C1. The average Bonchev–Trinajstić information content (AvgIpc) is 2.63. The number of rotatable bonds is 4. The van der Waals surface area contributed by atoms with Gasteiger partial charge in [-0.1, -0.05) is 12.1 Å². The maximum Gasteiger partial charge on any atom is 0.387 e. The summed E-state index contributed by atoms with van der Waals surface area (Å²) in [6, 6.07) is 7.04. The van der Waals surface area contributed by atoms with Crippen molar-refractivity contribution in [3.8, 4) is 5.75 Å². The highest BCUT2D eigenvalue weighted by Gasteiger charge is 2.18. The third kappa shape index (κ3) is 3.64. The van der Waals surface area contributed by atoms with Gasteiger partial charge in [0.15, 0.2) is 0 Å². The summed E-state index contributed by atoms with van der Waals surface area (Å²) in [6.07, 6.45) is 0.993. The first-order valence-electron chi connectivity index (χ1n) is 5.65. The standard InChI is InChI=1S/C12H16F2N2O/c13-12(14)17-11-3-1-2-9(6-11)7-16-5-4-10(15)8-16/h1-3,6,10,12H,4-5,7-8,15H2. The molecule has 0 radical (unpaired) electrons. The lowest BCUT2D eigenvalue weighted by Gasteiger charge is -2.15. The molecular formula is C12H16F2N2O. The van der Waals surface area contributed by atoms with Gasteiger partial charge in [-0.2, -0.15) is 8.78 Å². The van der Waals surface area contributed by atoms with Gasteiger partial charge in [-0.3, -0.25) is 4.90 Å². The van der Waals surface area contributed by atoms with Crippen LogP contribution in [0, 0.1) is 0 Å². The van der Waals surface area contributed by atoms with Gasteiger partial charge in [0.05, 0.1) is 0 Å². The van der Waals surface area contributed by atoms with Crippen LogP contribution >= 0.6 is 0 Å². The van der Waals surface area contributed by atoms with Gasteiger partial charge in [-0.25, -0.2) is 0 Å². The van der Waals surface area contributed by atoms with Crippen molar-refractivity contribution in [3.63, 3.8) is 0 Å². The zero-order valence-electron chi connectivity index (χ0n) is 9.48. The minimum Gasteiger partial charge on any atom is -0.435 e. The number of hydrogen-bond acceptors (Lipinski definition) is 3. The fourth-order valence-corrected chi connectivity index (χ4v) is 2.08. The van der Waals surface area contributed by atoms with Crippen LogP contribution < -0.4 is 10.5 Å². The van der Waals surface area contributed by atoms with Crippen molar-refractivity contribution in [3.05, 3.63) is 29.8 Å². The van der Waals surface area contributed by atoms with Crippen molar-refractivity contribution in [1.82, 2.24) is 4.90 Å². The number of benzene rings is 1. The molecule has 17 heavy (non-hydrogen) atoms. The smallest absolute Gasteiger partial charge is 0.387 e. The van der Waals surface area contributed by atoms with Crippen molar-refractivity contribution in [2.45, 2.75) is 25.6 Å². The Hall–Kier alpha value is -1.20. The molecule has 1 heterocycles. The normalized spacial score (nSPS) is 21.1. The molecule has 1 atom stereocenters. The third-order valence-electron chi connectivity index (χ3n) is 2.84. The molecule has 1 fully saturated rings. The van der Waals surface area contributed by atoms with Crippen molar-refractivity contribution in [2.75, 3.05) is 13.1 Å². The number of nitrogens with zero attached hydrogens (tertiary/aromatic N) is 1. The lowest BCUT2D eigenvalue weighted by molar-refractivity contribution is -0.0499. The highest BCUT2D eigenvalue weighted by Crippen LogP contribution is 2.18. The summed E-state index contributed by atoms with van der Waals surface area (Å²) >= 11 is 0. The molecular weight excluding hydrogens is 226 g/mol. The van der Waals surface area contributed by atoms with Gasteiger partial charge >= 0.3 is 6.61 Å². The van der Waals surface area contributed by atoms with E-state index in [0.717, 1.165) is 31.6 Å². The number of alkyl halides is 2. The summed E-state index contributed by atoms with van der Waals surface area (Å²) < 4.78 is 28.5. The van der Waals surface area contributed by atoms with Gasteiger partial charge in [0.1, 0.15) is 5.75 Å². The van der Waals surface area contributed by atoms with Gasteiger partial charge in [0, 0.05) is 25.7 Å². The van der Waals surface area contributed by atoms with E-state index in [1.54, 1.807) is 12.1 Å². The molecule has 2 rings (SSSR count). The molecule has 0 saturated carbocycles. The predicted octanol–water partition coefficient (Wildman–Crippen LogP) is 1.82. The number of ether oxygens (including phenoxy) is 1. The Balaban J connectivity index is 1.96. The van der Waals surface area contributed by atoms with Crippen LogP contribution in [0.3, 0.4) is 0 Å². The van der Waals surface area contributed by atoms with Crippen LogP contribution in [-0.2, 0) is 6.54 Å². The van der Waals surface area contributed by atoms with E-state index in [4.69, 9.17) is 5.73 Å². The maximum atomic E-state index is 12.1. The molecule has 0 aromatic heterocycles. The van der Waals surface area contributed by atoms with Crippen molar-refractivity contribution < 1.29 is 13.5 Å². The topological polar surface area (TPSA) is 38.5 Å². The molecule has 94 valence electrons. The number of hydrogen-bond donors (Lipinski definition) is 1. The first-order valence-corrected chi connectivity index (χ1v) is 5.65. The van der Waals surface area contributed by atoms with E-state index in [1.807, 2.05) is 6.07 Å². The lowest BCUT2D eigenvalue weighted by atomic mass is 10.2. The van der Waals surface area contributed by atoms with Crippen LogP contribution in [0.4, 0.5) is 8.78 Å². The van der Waals surface area contributed by atoms with E-state index in [-0.39, 0.29) is 11.8 Å². The lowest BCUT2D eigenvalue weighted by Crippen LogP contribution is -2.26. The zero-order chi connectivity index (χ0) is 12.3. The Labute approximate surface area is 99.2 Å². The largest absolute Gasteiger partial charge is 0.435 e. The molecule has 1 aliphatic rings. The second kappa shape index (κ2) is 5.42. The quantitative estimate of drug-likeness (QED) is 0.875. The minimum atomic E-state index is -2.77. The van der Waals surface area contributed by atoms with Gasteiger partial charge in [-0.15, -0.1) is 0 Å². The molecule has 1 unspecified atom stereocenters. The number of likely N-dealkylation sites (tertiary alicyclic amines) is 1. The summed E-state index contributed by atoms with van der Waals surface area (Å²) in [5, 5.41) is 0. The molecule has 0 amide bonds. The second-order valence-electron chi connectivity index (χ2n) is 4.31. The first-order chi connectivity index (χ1) is 8.13. The Kier molecular flexibility index (Phi) is 3.91. The summed E-state index contributed by atoms with van der Waals surface area (Å²) in [5.74, 6) is 0.209. The van der Waals surface area contributed by atoms with Crippen LogP contribution in [0.5, 0.6) is 5.75 Å². The Morgan fingerprint density at radius 1 is 1.47 bits per heavy atom. The van der Waals surface area contributed by atoms with Crippen LogP contribution in [0.2, 0.25) is 0 Å². The molecule has 1 aromatic rings. The van der Waals surface area contributed by atoms with Gasteiger partial charge in [0.25, 0.3) is 0 Å². The van der Waals surface area contributed by atoms with Crippen LogP contribution in [0.25, 0.3) is 0 Å². The zero-order valence-corrected chi connectivity index (χ0v) is 9.48. The molecule has 0 aliphatic carbocycles. The molecule has 1 aromatic carbocycles. The van der Waals surface area contributed by atoms with Crippen LogP contribution in [0.1, 0.15) is 12.0 Å². The summed E-state index contributed by atoms with van der Waals surface area (Å²) in [4.78, 5) is 2.21. The van der Waals surface area contributed by atoms with E-state index in [0.29, 0.717) is 0 Å². The van der Waals surface area contributed by atoms with Crippen LogP contribution in [0.15, 0.2) is 24.3 Å². The van der Waals surface area contributed by atoms with Crippen molar-refractivity contribution in [1.29, 1.82) is 0 Å². The Morgan fingerprint density at radius 2 is 2.29 bits per heavy atom. The summed E-state index contributed by atoms with van der Waals surface area (Å²) in [6.45, 7) is -0.222. The first kappa shape index (κ1) is 12.3. The van der Waals surface area contributed by atoms with Crippen molar-refractivity contribution in [2.24, 2.45) is 5.73 Å². The second-order valence-corrected chi connectivity index (χ2v) is 4.31. The van der Waals surface area contributed by atoms with E-state index in [2.05, 4.69) is 9.64 Å². The molecule has 0 spiro atoms. The van der Waals surface area contributed by atoms with E-state index in [1.165, 1.54) is 6.07 Å². The Morgan fingerprint density at radius 3 is 2.94 bits per heavy atom. The van der Waals surface area contributed by atoms with E-state index < -0.39 is 6.61 Å². The highest BCUT2D eigenvalue weighted by atomic mass is 19.3. The molecule has 0 bridgehead atoms. The minimum absolute atomic E-state index is 0.209. The Bertz CT molecular complexity index is 373. The number of halogens is 2. The maximum absolute atomic E-state index is 12.1. The molecule has 1 saturated heterocycles. The van der Waals surface area contributed by atoms with Gasteiger partial charge in [0.2, 0.25) is 0 Å². The average molecular weight is 242 g/mol. The molecule has 2 N–H and O–H groups in total. The molecule has 3 nitrogen and oxygen atoms in total. The highest BCUT2D eigenvalue weighted by molar-refractivity contribution is 5.28. The number of nitrogens with two attached hydrogens (primary N) is 1. The summed E-state index contributed by atoms with van der Waals surface area (Å²) in [7, 11) is 0. The van der Waals surface area contributed by atoms with E-state index in [9.17, 15) is 8.78 Å². The van der Waals surface area contributed by atoms with Crippen LogP contribution in [-0.4, -0.2) is 30.6 Å². The fourth-order valence-electron chi connectivity index (χ4n) is 2.08. The fraction of sp³-hybridized carbons (Fsp3) is 0.500. The molecule has 5 heteroatoms. The van der Waals surface area contributed by atoms with Gasteiger partial charge < -0.3 is 10.5 Å². The van der Waals surface area contributed by atoms with E-state index >= 15 is 0 Å². The van der Waals surface area contributed by atoms with Gasteiger partial charge in [-0.05, 0) is 24.1 Å². The predicted molar refractivity (Wildman–Crippen MR) is 60.9 cm³/mol. The molecule has 1 aliphatic heterocycles.